The molecular weight excluding hydrogens is 1010 g/mol. The zero-order chi connectivity index (χ0) is 59.2. The molecule has 0 aliphatic rings. The third-order valence-electron chi connectivity index (χ3n) is 15.0. The third kappa shape index (κ3) is 66.9. The first kappa shape index (κ1) is 78.1. The van der Waals surface area contributed by atoms with E-state index in [1.165, 1.54) is 173 Å². The van der Waals surface area contributed by atoms with Crippen LogP contribution in [0.4, 0.5) is 0 Å². The summed E-state index contributed by atoms with van der Waals surface area (Å²) >= 11 is 0. The molecule has 82 heavy (non-hydrogen) atoms. The number of unbranched alkanes of at least 4 members (excludes halogenated alkanes) is 34. The molecule has 0 bridgehead atoms. The molecule has 0 aromatic rings. The van der Waals surface area contributed by atoms with Crippen molar-refractivity contribution >= 4 is 17.9 Å². The predicted octanol–water partition coefficient (Wildman–Crippen LogP) is 24.2. The first-order valence-corrected chi connectivity index (χ1v) is 34.9. The van der Waals surface area contributed by atoms with Crippen LogP contribution in [0.1, 0.15) is 335 Å². The minimum absolute atomic E-state index is 0.0822. The Morgan fingerprint density at radius 2 is 0.476 bits per heavy atom. The number of esters is 3. The fourth-order valence-electron chi connectivity index (χ4n) is 9.81. The van der Waals surface area contributed by atoms with Gasteiger partial charge in [0.15, 0.2) is 6.10 Å². The van der Waals surface area contributed by atoms with Gasteiger partial charge in [0, 0.05) is 19.3 Å². The summed E-state index contributed by atoms with van der Waals surface area (Å²) in [5.74, 6) is -0.887. The highest BCUT2D eigenvalue weighted by Gasteiger charge is 2.19. The van der Waals surface area contributed by atoms with Gasteiger partial charge in [0.2, 0.25) is 0 Å². The average Bonchev–Trinajstić information content (AvgIpc) is 3.47. The van der Waals surface area contributed by atoms with Gasteiger partial charge in [-0.2, -0.15) is 0 Å². The summed E-state index contributed by atoms with van der Waals surface area (Å²) in [6.45, 7) is 6.54. The van der Waals surface area contributed by atoms with Crippen LogP contribution in [0.15, 0.2) is 109 Å². The lowest BCUT2D eigenvalue weighted by Crippen LogP contribution is -2.30. The van der Waals surface area contributed by atoms with E-state index in [1.807, 2.05) is 0 Å². The minimum Gasteiger partial charge on any atom is -0.462 e. The van der Waals surface area contributed by atoms with Gasteiger partial charge in [0.05, 0.1) is 0 Å². The van der Waals surface area contributed by atoms with Crippen molar-refractivity contribution in [3.63, 3.8) is 0 Å². The number of carbonyl (C=O) groups excluding carboxylic acids is 3. The van der Waals surface area contributed by atoms with Gasteiger partial charge < -0.3 is 14.2 Å². The third-order valence-corrected chi connectivity index (χ3v) is 15.0. The van der Waals surface area contributed by atoms with Crippen molar-refractivity contribution in [2.45, 2.75) is 341 Å². The van der Waals surface area contributed by atoms with Gasteiger partial charge in [-0.25, -0.2) is 0 Å². The number of ether oxygens (including phenoxy) is 3. The summed E-state index contributed by atoms with van der Waals surface area (Å²) in [4.78, 5) is 38.5. The Labute approximate surface area is 508 Å². The molecule has 6 nitrogen and oxygen atoms in total. The summed E-state index contributed by atoms with van der Waals surface area (Å²) in [6.07, 6.45) is 95.3. The number of allylic oxidation sites excluding steroid dienone is 18. The smallest absolute Gasteiger partial charge is 0.306 e. The van der Waals surface area contributed by atoms with E-state index in [-0.39, 0.29) is 31.1 Å². The molecule has 1 atom stereocenters. The standard InChI is InChI=1S/C76H130O6/c1-4-7-10-13-16-19-22-25-28-31-33-34-35-36-37-38-39-40-41-42-43-46-48-51-54-57-60-63-66-69-75(78)81-72-73(71-80-74(77)68-65-62-59-56-53-50-47-44-30-27-24-21-18-15-12-9-6-3)82-76(79)70-67-64-61-58-55-52-49-45-32-29-26-23-20-17-14-11-8-5-2/h7,10,16,19-20,23,25,28-29,32-34,36-37,39-40,42-43,73H,4-6,8-9,11-15,17-18,21-22,24,26-27,30-31,35,38,41,44-72H2,1-3H3/b10-7-,19-16-,23-20-,28-25-,32-29-,34-33-,37-36-,40-39-,43-42-. The number of rotatable bonds is 63. The second-order valence-electron chi connectivity index (χ2n) is 23.1. The molecule has 0 saturated heterocycles. The second kappa shape index (κ2) is 69.6. The summed E-state index contributed by atoms with van der Waals surface area (Å²) in [5.41, 5.74) is 0. The van der Waals surface area contributed by atoms with E-state index in [4.69, 9.17) is 14.2 Å². The average molecular weight is 1140 g/mol. The van der Waals surface area contributed by atoms with Crippen molar-refractivity contribution in [2.24, 2.45) is 0 Å². The summed E-state index contributed by atoms with van der Waals surface area (Å²) < 4.78 is 17.0. The zero-order valence-corrected chi connectivity index (χ0v) is 54.0. The maximum atomic E-state index is 12.9. The number of carbonyl (C=O) groups is 3. The Balaban J connectivity index is 4.37. The highest BCUT2D eigenvalue weighted by Crippen LogP contribution is 2.17. The van der Waals surface area contributed by atoms with E-state index in [9.17, 15) is 14.4 Å². The molecule has 0 rings (SSSR count). The molecule has 0 aromatic carbocycles. The summed E-state index contributed by atoms with van der Waals surface area (Å²) in [7, 11) is 0. The summed E-state index contributed by atoms with van der Waals surface area (Å²) in [5, 5.41) is 0. The molecule has 1 unspecified atom stereocenters. The van der Waals surface area contributed by atoms with Gasteiger partial charge in [0.25, 0.3) is 0 Å². The van der Waals surface area contributed by atoms with E-state index in [2.05, 4.69) is 130 Å². The summed E-state index contributed by atoms with van der Waals surface area (Å²) in [6, 6.07) is 0. The van der Waals surface area contributed by atoms with Crippen molar-refractivity contribution in [3.05, 3.63) is 109 Å². The molecule has 0 saturated carbocycles. The van der Waals surface area contributed by atoms with Gasteiger partial charge in [-0.1, -0.05) is 316 Å². The van der Waals surface area contributed by atoms with E-state index in [1.54, 1.807) is 0 Å². The van der Waals surface area contributed by atoms with E-state index < -0.39 is 6.10 Å². The molecule has 0 aliphatic carbocycles. The fourth-order valence-corrected chi connectivity index (χ4v) is 9.81. The Hall–Kier alpha value is -3.93. The number of hydrogen-bond acceptors (Lipinski definition) is 6. The van der Waals surface area contributed by atoms with Crippen LogP contribution in [0.3, 0.4) is 0 Å². The van der Waals surface area contributed by atoms with Crippen molar-refractivity contribution in [1.82, 2.24) is 0 Å². The molecule has 470 valence electrons. The minimum atomic E-state index is -0.789. The fraction of sp³-hybridized carbons (Fsp3) is 0.724. The molecule has 0 heterocycles. The lowest BCUT2D eigenvalue weighted by atomic mass is 10.0. The van der Waals surface area contributed by atoms with E-state index in [0.717, 1.165) is 122 Å². The lowest BCUT2D eigenvalue weighted by molar-refractivity contribution is -0.167. The van der Waals surface area contributed by atoms with Crippen LogP contribution in [0.25, 0.3) is 0 Å². The van der Waals surface area contributed by atoms with Crippen molar-refractivity contribution in [2.75, 3.05) is 13.2 Å². The van der Waals surface area contributed by atoms with E-state index >= 15 is 0 Å². The Bertz CT molecular complexity index is 1640. The molecule has 0 radical (unpaired) electrons. The lowest BCUT2D eigenvalue weighted by Gasteiger charge is -2.18. The molecule has 0 aromatic heterocycles. The van der Waals surface area contributed by atoms with Crippen molar-refractivity contribution < 1.29 is 28.6 Å². The van der Waals surface area contributed by atoms with E-state index in [0.29, 0.717) is 19.3 Å². The Morgan fingerprint density at radius 1 is 0.256 bits per heavy atom. The molecular formula is C76H130O6. The molecule has 0 spiro atoms. The van der Waals surface area contributed by atoms with Crippen molar-refractivity contribution in [3.8, 4) is 0 Å². The first-order chi connectivity index (χ1) is 40.5. The Kier molecular flexibility index (Phi) is 66.2. The van der Waals surface area contributed by atoms with Crippen LogP contribution in [0.5, 0.6) is 0 Å². The normalized spacial score (nSPS) is 12.8. The topological polar surface area (TPSA) is 78.9 Å². The molecule has 0 aliphatic heterocycles. The van der Waals surface area contributed by atoms with Crippen LogP contribution in [0.2, 0.25) is 0 Å². The van der Waals surface area contributed by atoms with Gasteiger partial charge in [-0.05, 0) is 109 Å². The molecule has 6 heteroatoms. The maximum absolute atomic E-state index is 12.9. The molecule has 0 N–H and O–H groups in total. The van der Waals surface area contributed by atoms with Crippen LogP contribution in [-0.2, 0) is 28.6 Å². The predicted molar refractivity (Wildman–Crippen MR) is 357 cm³/mol. The molecule has 0 fully saturated rings. The van der Waals surface area contributed by atoms with Gasteiger partial charge >= 0.3 is 17.9 Å². The number of hydrogen-bond donors (Lipinski definition) is 0. The highest BCUT2D eigenvalue weighted by molar-refractivity contribution is 5.71. The monoisotopic (exact) mass is 1140 g/mol. The zero-order valence-electron chi connectivity index (χ0n) is 54.0. The van der Waals surface area contributed by atoms with Crippen LogP contribution >= 0.6 is 0 Å². The van der Waals surface area contributed by atoms with Crippen LogP contribution in [-0.4, -0.2) is 37.2 Å². The van der Waals surface area contributed by atoms with Gasteiger partial charge in [0.1, 0.15) is 13.2 Å². The first-order valence-electron chi connectivity index (χ1n) is 34.9. The Morgan fingerprint density at radius 3 is 0.756 bits per heavy atom. The SMILES string of the molecule is CC/C=C\C/C=C\C/C=C\C/C=C\C/C=C\C/C=C\C/C=C\CCCCCCCCCC(=O)OCC(COC(=O)CCCCCCCCCCCCCCCCCCC)OC(=O)CCCCCCCCC/C=C\C/C=C\CCCCCC. The van der Waals surface area contributed by atoms with Gasteiger partial charge in [-0.15, -0.1) is 0 Å². The van der Waals surface area contributed by atoms with Gasteiger partial charge in [-0.3, -0.25) is 14.4 Å². The quantitative estimate of drug-likeness (QED) is 0.0261. The van der Waals surface area contributed by atoms with Crippen LogP contribution in [0, 0.1) is 0 Å². The molecule has 0 amide bonds. The second-order valence-corrected chi connectivity index (χ2v) is 23.1. The maximum Gasteiger partial charge on any atom is 0.306 e. The van der Waals surface area contributed by atoms with Crippen molar-refractivity contribution in [1.29, 1.82) is 0 Å². The largest absolute Gasteiger partial charge is 0.462 e. The van der Waals surface area contributed by atoms with Crippen LogP contribution < -0.4 is 0 Å². The highest BCUT2D eigenvalue weighted by atomic mass is 16.6.